The predicted molar refractivity (Wildman–Crippen MR) is 116 cm³/mol. The molecule has 1 aliphatic carbocycles. The summed E-state index contributed by atoms with van der Waals surface area (Å²) in [6.07, 6.45) is 10.6. The second-order valence-electron chi connectivity index (χ2n) is 9.15. The van der Waals surface area contributed by atoms with Crippen molar-refractivity contribution in [2.75, 3.05) is 42.9 Å². The SMILES string of the molecule is CC(C)C1CCCN1C(=O)Nc1cc(N2CCN(C3CCCCC3)CC2)ncn1. The molecular weight excluding hydrogens is 364 g/mol. The number of hydrogen-bond donors (Lipinski definition) is 1. The van der Waals surface area contributed by atoms with Crippen LogP contribution in [0.1, 0.15) is 58.8 Å². The van der Waals surface area contributed by atoms with E-state index in [2.05, 4.69) is 38.9 Å². The summed E-state index contributed by atoms with van der Waals surface area (Å²) in [4.78, 5) is 28.5. The lowest BCUT2D eigenvalue weighted by molar-refractivity contribution is 0.147. The average molecular weight is 401 g/mol. The van der Waals surface area contributed by atoms with Gasteiger partial charge in [-0.3, -0.25) is 10.2 Å². The molecule has 160 valence electrons. The molecule has 3 aliphatic rings. The van der Waals surface area contributed by atoms with Crippen LogP contribution in [-0.2, 0) is 0 Å². The number of carbonyl (C=O) groups is 1. The lowest BCUT2D eigenvalue weighted by atomic mass is 9.94. The van der Waals surface area contributed by atoms with E-state index in [9.17, 15) is 4.79 Å². The van der Waals surface area contributed by atoms with E-state index in [4.69, 9.17) is 0 Å². The van der Waals surface area contributed by atoms with Gasteiger partial charge in [0.15, 0.2) is 0 Å². The Kier molecular flexibility index (Phi) is 6.53. The Balaban J connectivity index is 1.33. The second kappa shape index (κ2) is 9.28. The fraction of sp³-hybridized carbons (Fsp3) is 0.773. The van der Waals surface area contributed by atoms with Gasteiger partial charge in [-0.05, 0) is 31.6 Å². The monoisotopic (exact) mass is 400 g/mol. The number of amides is 2. The van der Waals surface area contributed by atoms with Crippen LogP contribution in [0.3, 0.4) is 0 Å². The number of rotatable bonds is 4. The summed E-state index contributed by atoms with van der Waals surface area (Å²) in [7, 11) is 0. The molecule has 3 fully saturated rings. The number of aromatic nitrogens is 2. The Hall–Kier alpha value is -1.89. The number of carbonyl (C=O) groups excluding carboxylic acids is 1. The van der Waals surface area contributed by atoms with E-state index in [1.54, 1.807) is 6.33 Å². The van der Waals surface area contributed by atoms with E-state index in [0.717, 1.165) is 57.4 Å². The van der Waals surface area contributed by atoms with Crippen molar-refractivity contribution < 1.29 is 4.79 Å². The Morgan fingerprint density at radius 3 is 2.48 bits per heavy atom. The maximum atomic E-state index is 12.8. The summed E-state index contributed by atoms with van der Waals surface area (Å²) in [5.74, 6) is 1.99. The zero-order valence-corrected chi connectivity index (χ0v) is 18.0. The van der Waals surface area contributed by atoms with Gasteiger partial charge in [0.1, 0.15) is 18.0 Å². The average Bonchev–Trinajstić information content (AvgIpc) is 3.25. The smallest absolute Gasteiger partial charge is 0.323 e. The van der Waals surface area contributed by atoms with Crippen LogP contribution in [0, 0.1) is 5.92 Å². The lowest BCUT2D eigenvalue weighted by Gasteiger charge is -2.41. The summed E-state index contributed by atoms with van der Waals surface area (Å²) in [6, 6.07) is 2.99. The number of urea groups is 1. The van der Waals surface area contributed by atoms with Crippen molar-refractivity contribution in [1.29, 1.82) is 0 Å². The third kappa shape index (κ3) is 4.82. The first-order valence-electron chi connectivity index (χ1n) is 11.5. The van der Waals surface area contributed by atoms with E-state index >= 15 is 0 Å². The van der Waals surface area contributed by atoms with E-state index in [0.29, 0.717) is 17.8 Å². The first-order chi connectivity index (χ1) is 14.1. The van der Waals surface area contributed by atoms with Gasteiger partial charge in [0.2, 0.25) is 0 Å². The largest absolute Gasteiger partial charge is 0.354 e. The minimum atomic E-state index is -0.0343. The van der Waals surface area contributed by atoms with Crippen LogP contribution >= 0.6 is 0 Å². The molecule has 2 saturated heterocycles. The number of anilines is 2. The van der Waals surface area contributed by atoms with Gasteiger partial charge in [0.05, 0.1) is 0 Å². The molecule has 3 heterocycles. The first-order valence-corrected chi connectivity index (χ1v) is 11.5. The summed E-state index contributed by atoms with van der Waals surface area (Å²) in [5, 5.41) is 3.01. The molecule has 4 rings (SSSR count). The molecule has 0 aromatic carbocycles. The number of nitrogens with one attached hydrogen (secondary N) is 1. The third-order valence-electron chi connectivity index (χ3n) is 6.95. The second-order valence-corrected chi connectivity index (χ2v) is 9.15. The van der Waals surface area contributed by atoms with Crippen molar-refractivity contribution in [1.82, 2.24) is 19.8 Å². The molecule has 29 heavy (non-hydrogen) atoms. The van der Waals surface area contributed by atoms with Crippen molar-refractivity contribution in [3.63, 3.8) is 0 Å². The molecule has 0 spiro atoms. The minimum absolute atomic E-state index is 0.0343. The summed E-state index contributed by atoms with van der Waals surface area (Å²) < 4.78 is 0. The van der Waals surface area contributed by atoms with E-state index in [1.807, 2.05) is 11.0 Å². The molecule has 2 amide bonds. The Morgan fingerprint density at radius 2 is 1.76 bits per heavy atom. The molecule has 1 saturated carbocycles. The van der Waals surface area contributed by atoms with E-state index in [-0.39, 0.29) is 6.03 Å². The number of likely N-dealkylation sites (tertiary alicyclic amines) is 1. The van der Waals surface area contributed by atoms with Crippen molar-refractivity contribution in [3.8, 4) is 0 Å². The molecule has 7 nitrogen and oxygen atoms in total. The normalized spacial score (nSPS) is 24.3. The van der Waals surface area contributed by atoms with Crippen LogP contribution in [0.4, 0.5) is 16.4 Å². The highest BCUT2D eigenvalue weighted by molar-refractivity contribution is 5.89. The summed E-state index contributed by atoms with van der Waals surface area (Å²) in [5.41, 5.74) is 0. The van der Waals surface area contributed by atoms with Gasteiger partial charge in [0, 0.05) is 50.9 Å². The quantitative estimate of drug-likeness (QED) is 0.837. The molecule has 1 aromatic rings. The molecular formula is C22H36N6O. The van der Waals surface area contributed by atoms with Gasteiger partial charge in [-0.1, -0.05) is 33.1 Å². The summed E-state index contributed by atoms with van der Waals surface area (Å²) in [6.45, 7) is 9.37. The highest BCUT2D eigenvalue weighted by atomic mass is 16.2. The number of nitrogens with zero attached hydrogens (tertiary/aromatic N) is 5. The zero-order valence-electron chi connectivity index (χ0n) is 18.0. The zero-order chi connectivity index (χ0) is 20.2. The van der Waals surface area contributed by atoms with Crippen molar-refractivity contribution in [2.45, 2.75) is 70.9 Å². The van der Waals surface area contributed by atoms with Crippen LogP contribution in [0.15, 0.2) is 12.4 Å². The molecule has 1 atom stereocenters. The van der Waals surface area contributed by atoms with Crippen LogP contribution in [-0.4, -0.2) is 70.6 Å². The Labute approximate surface area is 174 Å². The molecule has 1 aromatic heterocycles. The maximum absolute atomic E-state index is 12.8. The number of piperazine rings is 1. The Morgan fingerprint density at radius 1 is 1.00 bits per heavy atom. The fourth-order valence-electron chi connectivity index (χ4n) is 5.27. The van der Waals surface area contributed by atoms with Gasteiger partial charge in [-0.25, -0.2) is 14.8 Å². The fourth-order valence-corrected chi connectivity index (χ4v) is 5.27. The van der Waals surface area contributed by atoms with Gasteiger partial charge in [0.25, 0.3) is 0 Å². The van der Waals surface area contributed by atoms with Crippen LogP contribution in [0.25, 0.3) is 0 Å². The first kappa shape index (κ1) is 20.4. The number of hydrogen-bond acceptors (Lipinski definition) is 5. The minimum Gasteiger partial charge on any atom is -0.354 e. The predicted octanol–water partition coefficient (Wildman–Crippen LogP) is 3.58. The third-order valence-corrected chi connectivity index (χ3v) is 6.95. The lowest BCUT2D eigenvalue weighted by Crippen LogP contribution is -2.51. The van der Waals surface area contributed by atoms with Crippen LogP contribution in [0.5, 0.6) is 0 Å². The van der Waals surface area contributed by atoms with Crippen LogP contribution in [0.2, 0.25) is 0 Å². The standard InChI is InChI=1S/C22H36N6O/c1-17(2)19-9-6-10-28(19)22(29)25-20-15-21(24-16-23-20)27-13-11-26(12-14-27)18-7-4-3-5-8-18/h15-19H,3-14H2,1-2H3,(H,23,24,25,29). The van der Waals surface area contributed by atoms with Gasteiger partial charge in [-0.2, -0.15) is 0 Å². The van der Waals surface area contributed by atoms with Crippen molar-refractivity contribution >= 4 is 17.7 Å². The maximum Gasteiger partial charge on any atom is 0.323 e. The molecule has 1 N–H and O–H groups in total. The van der Waals surface area contributed by atoms with Crippen molar-refractivity contribution in [3.05, 3.63) is 12.4 Å². The Bertz CT molecular complexity index is 682. The van der Waals surface area contributed by atoms with Gasteiger partial charge < -0.3 is 9.80 Å². The summed E-state index contributed by atoms with van der Waals surface area (Å²) >= 11 is 0. The van der Waals surface area contributed by atoms with Gasteiger partial charge in [-0.15, -0.1) is 0 Å². The van der Waals surface area contributed by atoms with Crippen LogP contribution < -0.4 is 10.2 Å². The van der Waals surface area contributed by atoms with E-state index in [1.165, 1.54) is 32.1 Å². The molecule has 7 heteroatoms. The molecule has 2 aliphatic heterocycles. The van der Waals surface area contributed by atoms with Gasteiger partial charge >= 0.3 is 6.03 Å². The van der Waals surface area contributed by atoms with Crippen molar-refractivity contribution in [2.24, 2.45) is 5.92 Å². The highest BCUT2D eigenvalue weighted by Crippen LogP contribution is 2.26. The topological polar surface area (TPSA) is 64.6 Å². The molecule has 0 radical (unpaired) electrons. The molecule has 0 bridgehead atoms. The van der Waals surface area contributed by atoms with E-state index < -0.39 is 0 Å². The molecule has 1 unspecified atom stereocenters. The highest BCUT2D eigenvalue weighted by Gasteiger charge is 2.31.